The molecule has 0 spiro atoms. The molecule has 0 saturated carbocycles. The summed E-state index contributed by atoms with van der Waals surface area (Å²) in [5.41, 5.74) is -4.07. The minimum absolute atomic E-state index is 0.0913. The van der Waals surface area contributed by atoms with Crippen molar-refractivity contribution in [3.8, 4) is 0 Å². The fourth-order valence-electron chi connectivity index (χ4n) is 1.45. The summed E-state index contributed by atoms with van der Waals surface area (Å²) in [5.74, 6) is -1.41. The summed E-state index contributed by atoms with van der Waals surface area (Å²) >= 11 is 0. The molecule has 8 heteroatoms. The summed E-state index contributed by atoms with van der Waals surface area (Å²) in [7, 11) is 0. The molecule has 0 aliphatic heterocycles. The molecule has 0 amide bonds. The van der Waals surface area contributed by atoms with Crippen molar-refractivity contribution in [2.75, 3.05) is 6.61 Å². The van der Waals surface area contributed by atoms with Gasteiger partial charge in [-0.1, -0.05) is 13.8 Å². The number of rotatable bonds is 3. The van der Waals surface area contributed by atoms with E-state index in [1.165, 1.54) is 0 Å². The first-order chi connectivity index (χ1) is 9.43. The van der Waals surface area contributed by atoms with Crippen LogP contribution in [0.5, 0.6) is 0 Å². The number of hydrogen-bond donors (Lipinski definition) is 0. The standard InChI is InChI=1S/C13H12F6O2/c1-7(2)6-21-11(20)9-4-3-8(12(14,15)16)5-10(9)13(17,18)19/h3-5,7H,6H2,1-2H3. The fourth-order valence-corrected chi connectivity index (χ4v) is 1.45. The van der Waals surface area contributed by atoms with Gasteiger partial charge in [-0.05, 0) is 24.1 Å². The van der Waals surface area contributed by atoms with Crippen LogP contribution in [-0.2, 0) is 17.1 Å². The van der Waals surface area contributed by atoms with Crippen molar-refractivity contribution in [1.29, 1.82) is 0 Å². The third-order valence-corrected chi connectivity index (χ3v) is 2.42. The van der Waals surface area contributed by atoms with Gasteiger partial charge in [-0.15, -0.1) is 0 Å². The average Bonchev–Trinajstić information content (AvgIpc) is 2.33. The van der Waals surface area contributed by atoms with E-state index in [0.717, 1.165) is 0 Å². The first kappa shape index (κ1) is 17.3. The maximum Gasteiger partial charge on any atom is 0.417 e. The van der Waals surface area contributed by atoms with Crippen LogP contribution >= 0.6 is 0 Å². The topological polar surface area (TPSA) is 26.3 Å². The van der Waals surface area contributed by atoms with Gasteiger partial charge in [0, 0.05) is 0 Å². The van der Waals surface area contributed by atoms with E-state index in [2.05, 4.69) is 4.74 Å². The van der Waals surface area contributed by atoms with Crippen LogP contribution in [-0.4, -0.2) is 12.6 Å². The second-order valence-electron chi connectivity index (χ2n) is 4.75. The van der Waals surface area contributed by atoms with E-state index in [1.54, 1.807) is 13.8 Å². The lowest BCUT2D eigenvalue weighted by molar-refractivity contribution is -0.143. The van der Waals surface area contributed by atoms with Gasteiger partial charge in [0.05, 0.1) is 23.3 Å². The third kappa shape index (κ3) is 4.64. The molecule has 1 aromatic rings. The molecule has 0 heterocycles. The van der Waals surface area contributed by atoms with E-state index in [1.807, 2.05) is 0 Å². The predicted octanol–water partition coefficient (Wildman–Crippen LogP) is 4.54. The van der Waals surface area contributed by atoms with Crippen molar-refractivity contribution in [2.45, 2.75) is 26.2 Å². The molecule has 2 nitrogen and oxygen atoms in total. The molecule has 0 atom stereocenters. The van der Waals surface area contributed by atoms with E-state index in [4.69, 9.17) is 0 Å². The quantitative estimate of drug-likeness (QED) is 0.605. The Kier molecular flexibility index (Phi) is 4.91. The minimum Gasteiger partial charge on any atom is -0.462 e. The molecule has 118 valence electrons. The maximum absolute atomic E-state index is 12.8. The highest BCUT2D eigenvalue weighted by molar-refractivity contribution is 5.91. The van der Waals surface area contributed by atoms with Crippen molar-refractivity contribution in [2.24, 2.45) is 5.92 Å². The third-order valence-electron chi connectivity index (χ3n) is 2.42. The smallest absolute Gasteiger partial charge is 0.417 e. The van der Waals surface area contributed by atoms with Crippen LogP contribution in [0.2, 0.25) is 0 Å². The molecule has 0 fully saturated rings. The van der Waals surface area contributed by atoms with E-state index in [9.17, 15) is 31.1 Å². The highest BCUT2D eigenvalue weighted by atomic mass is 19.4. The van der Waals surface area contributed by atoms with Crippen molar-refractivity contribution in [3.63, 3.8) is 0 Å². The van der Waals surface area contributed by atoms with Crippen LogP contribution in [0.15, 0.2) is 18.2 Å². The van der Waals surface area contributed by atoms with Crippen LogP contribution in [0.3, 0.4) is 0 Å². The maximum atomic E-state index is 12.8. The zero-order valence-corrected chi connectivity index (χ0v) is 11.1. The average molecular weight is 314 g/mol. The Bertz CT molecular complexity index is 516. The lowest BCUT2D eigenvalue weighted by atomic mass is 10.0. The zero-order chi connectivity index (χ0) is 16.4. The molecule has 1 rings (SSSR count). The summed E-state index contributed by atoms with van der Waals surface area (Å²) in [5, 5.41) is 0. The molecule has 0 bridgehead atoms. The molecule has 0 saturated heterocycles. The van der Waals surface area contributed by atoms with Crippen LogP contribution in [0.1, 0.15) is 35.3 Å². The zero-order valence-electron chi connectivity index (χ0n) is 11.1. The van der Waals surface area contributed by atoms with E-state index >= 15 is 0 Å². The van der Waals surface area contributed by atoms with Gasteiger partial charge in [-0.3, -0.25) is 0 Å². The molecule has 1 aromatic carbocycles. The first-order valence-electron chi connectivity index (χ1n) is 5.88. The van der Waals surface area contributed by atoms with Crippen molar-refractivity contribution >= 4 is 5.97 Å². The number of hydrogen-bond acceptors (Lipinski definition) is 2. The number of alkyl halides is 6. The Morgan fingerprint density at radius 3 is 2.10 bits per heavy atom. The SMILES string of the molecule is CC(C)COC(=O)c1ccc(C(F)(F)F)cc1C(F)(F)F. The second kappa shape index (κ2) is 5.95. The summed E-state index contributed by atoms with van der Waals surface area (Å²) in [6, 6.07) is 0.807. The summed E-state index contributed by atoms with van der Waals surface area (Å²) in [4.78, 5) is 11.6. The molecule has 0 aliphatic carbocycles. The van der Waals surface area contributed by atoms with Crippen LogP contribution in [0, 0.1) is 5.92 Å². The predicted molar refractivity (Wildman–Crippen MR) is 61.6 cm³/mol. The van der Waals surface area contributed by atoms with Crippen molar-refractivity contribution in [3.05, 3.63) is 34.9 Å². The fraction of sp³-hybridized carbons (Fsp3) is 0.462. The molecule has 0 aliphatic rings. The molecule has 0 radical (unpaired) electrons. The van der Waals surface area contributed by atoms with Crippen LogP contribution in [0.4, 0.5) is 26.3 Å². The van der Waals surface area contributed by atoms with Gasteiger partial charge in [-0.25, -0.2) is 4.79 Å². The Morgan fingerprint density at radius 1 is 1.10 bits per heavy atom. The largest absolute Gasteiger partial charge is 0.462 e. The number of halogens is 6. The minimum atomic E-state index is -5.09. The van der Waals surface area contributed by atoms with Crippen molar-refractivity contribution < 1.29 is 35.9 Å². The number of esters is 1. The first-order valence-corrected chi connectivity index (χ1v) is 5.88. The van der Waals surface area contributed by atoms with Gasteiger partial charge in [0.25, 0.3) is 0 Å². The summed E-state index contributed by atoms with van der Waals surface area (Å²) < 4.78 is 80.4. The molecule has 0 N–H and O–H groups in total. The lowest BCUT2D eigenvalue weighted by Crippen LogP contribution is -2.18. The number of carbonyl (C=O) groups is 1. The second-order valence-corrected chi connectivity index (χ2v) is 4.75. The number of ether oxygens (including phenoxy) is 1. The van der Waals surface area contributed by atoms with E-state index in [-0.39, 0.29) is 18.6 Å². The Hall–Kier alpha value is -1.73. The lowest BCUT2D eigenvalue weighted by Gasteiger charge is -2.15. The van der Waals surface area contributed by atoms with E-state index in [0.29, 0.717) is 12.1 Å². The van der Waals surface area contributed by atoms with Gasteiger partial charge < -0.3 is 4.74 Å². The number of benzene rings is 1. The molecule has 21 heavy (non-hydrogen) atoms. The van der Waals surface area contributed by atoms with Crippen LogP contribution < -0.4 is 0 Å². The molecular formula is C13H12F6O2. The Balaban J connectivity index is 3.23. The molecular weight excluding hydrogens is 302 g/mol. The monoisotopic (exact) mass is 314 g/mol. The number of carbonyl (C=O) groups excluding carboxylic acids is 1. The van der Waals surface area contributed by atoms with E-state index < -0.39 is 35.0 Å². The summed E-state index contributed by atoms with van der Waals surface area (Å²) in [6.07, 6.45) is -10.0. The van der Waals surface area contributed by atoms with Gasteiger partial charge in [0.1, 0.15) is 0 Å². The Labute approximate surface area is 116 Å². The molecule has 0 unspecified atom stereocenters. The van der Waals surface area contributed by atoms with Gasteiger partial charge in [-0.2, -0.15) is 26.3 Å². The Morgan fingerprint density at radius 2 is 1.67 bits per heavy atom. The highest BCUT2D eigenvalue weighted by Crippen LogP contribution is 2.37. The normalized spacial score (nSPS) is 12.6. The summed E-state index contributed by atoms with van der Waals surface area (Å²) in [6.45, 7) is 3.21. The van der Waals surface area contributed by atoms with Gasteiger partial charge in [0.2, 0.25) is 0 Å². The molecule has 0 aromatic heterocycles. The highest BCUT2D eigenvalue weighted by Gasteiger charge is 2.39. The van der Waals surface area contributed by atoms with Gasteiger partial charge >= 0.3 is 18.3 Å². The van der Waals surface area contributed by atoms with Crippen molar-refractivity contribution in [1.82, 2.24) is 0 Å². The van der Waals surface area contributed by atoms with Gasteiger partial charge in [0.15, 0.2) is 0 Å². The van der Waals surface area contributed by atoms with Crippen LogP contribution in [0.25, 0.3) is 0 Å².